The quantitative estimate of drug-likeness (QED) is 0.796. The lowest BCUT2D eigenvalue weighted by molar-refractivity contribution is 0.674. The van der Waals surface area contributed by atoms with Crippen molar-refractivity contribution < 1.29 is 0 Å². The first kappa shape index (κ1) is 15.2. The lowest BCUT2D eigenvalue weighted by atomic mass is 10.2. The van der Waals surface area contributed by atoms with Crippen molar-refractivity contribution in [2.24, 2.45) is 0 Å². The zero-order valence-electron chi connectivity index (χ0n) is 11.8. The molecule has 2 aromatic heterocycles. The molecule has 0 aliphatic rings. The van der Waals surface area contributed by atoms with Gasteiger partial charge in [0.2, 0.25) is 0 Å². The third-order valence-corrected chi connectivity index (χ3v) is 3.91. The van der Waals surface area contributed by atoms with Gasteiger partial charge in [0, 0.05) is 25.2 Å². The van der Waals surface area contributed by atoms with E-state index in [-0.39, 0.29) is 0 Å². The highest BCUT2D eigenvalue weighted by atomic mass is 35.5. The Kier molecular flexibility index (Phi) is 5.76. The summed E-state index contributed by atoms with van der Waals surface area (Å²) in [5, 5.41) is 6.12. The van der Waals surface area contributed by atoms with Gasteiger partial charge in [-0.1, -0.05) is 18.5 Å². The number of pyridine rings is 1. The molecule has 2 heterocycles. The summed E-state index contributed by atoms with van der Waals surface area (Å²) in [7, 11) is 2.01. The van der Waals surface area contributed by atoms with E-state index in [9.17, 15) is 0 Å². The third-order valence-electron chi connectivity index (χ3n) is 2.94. The van der Waals surface area contributed by atoms with E-state index in [1.54, 1.807) is 17.5 Å². The Morgan fingerprint density at radius 3 is 2.95 bits per heavy atom. The summed E-state index contributed by atoms with van der Waals surface area (Å²) in [6, 6.07) is 2.04. The summed E-state index contributed by atoms with van der Waals surface area (Å²) < 4.78 is 0. The van der Waals surface area contributed by atoms with Crippen molar-refractivity contribution in [3.05, 3.63) is 39.4 Å². The molecule has 0 atom stereocenters. The van der Waals surface area contributed by atoms with Crippen molar-refractivity contribution >= 4 is 28.8 Å². The Balaban J connectivity index is 2.05. The smallest absolute Gasteiger partial charge is 0.128 e. The molecule has 6 heteroatoms. The fourth-order valence-electron chi connectivity index (χ4n) is 1.85. The van der Waals surface area contributed by atoms with E-state index in [2.05, 4.69) is 32.5 Å². The molecule has 108 valence electrons. The first-order valence-corrected chi connectivity index (χ1v) is 7.96. The molecule has 0 aliphatic heterocycles. The highest BCUT2D eigenvalue weighted by Gasteiger charge is 2.08. The maximum atomic E-state index is 6.19. The molecule has 2 rings (SSSR count). The van der Waals surface area contributed by atoms with Crippen LogP contribution < -0.4 is 10.2 Å². The van der Waals surface area contributed by atoms with Gasteiger partial charge in [0.15, 0.2) is 0 Å². The van der Waals surface area contributed by atoms with Gasteiger partial charge in [0.1, 0.15) is 5.82 Å². The maximum Gasteiger partial charge on any atom is 0.128 e. The zero-order chi connectivity index (χ0) is 14.4. The minimum atomic E-state index is 0.708. The number of rotatable bonds is 7. The number of nitrogens with one attached hydrogen (secondary N) is 1. The van der Waals surface area contributed by atoms with Crippen LogP contribution in [0.3, 0.4) is 0 Å². The number of nitrogens with zero attached hydrogens (tertiary/aromatic N) is 3. The molecule has 0 amide bonds. The fourth-order valence-corrected chi connectivity index (χ4v) is 2.57. The van der Waals surface area contributed by atoms with E-state index in [1.165, 1.54) is 0 Å². The highest BCUT2D eigenvalue weighted by Crippen LogP contribution is 2.21. The second-order valence-corrected chi connectivity index (χ2v) is 5.77. The van der Waals surface area contributed by atoms with Crippen LogP contribution in [-0.4, -0.2) is 23.6 Å². The number of aromatic nitrogens is 2. The first-order valence-electron chi connectivity index (χ1n) is 6.64. The van der Waals surface area contributed by atoms with Crippen molar-refractivity contribution in [3.63, 3.8) is 0 Å². The Bertz CT molecular complexity index is 530. The predicted molar refractivity (Wildman–Crippen MR) is 85.5 cm³/mol. The zero-order valence-corrected chi connectivity index (χ0v) is 13.3. The van der Waals surface area contributed by atoms with Crippen LogP contribution in [0.2, 0.25) is 5.02 Å². The normalized spacial score (nSPS) is 10.8. The average Bonchev–Trinajstić information content (AvgIpc) is 2.94. The van der Waals surface area contributed by atoms with Gasteiger partial charge >= 0.3 is 0 Å². The SMILES string of the molecule is CCCNCc1cc(N(C)Cc2cscn2)ncc1Cl. The average molecular weight is 311 g/mol. The van der Waals surface area contributed by atoms with E-state index in [0.29, 0.717) is 5.02 Å². The van der Waals surface area contributed by atoms with Gasteiger partial charge in [-0.25, -0.2) is 9.97 Å². The van der Waals surface area contributed by atoms with Gasteiger partial charge < -0.3 is 10.2 Å². The van der Waals surface area contributed by atoms with Crippen LogP contribution in [0.15, 0.2) is 23.2 Å². The Morgan fingerprint density at radius 1 is 1.40 bits per heavy atom. The van der Waals surface area contributed by atoms with Crippen LogP contribution in [0, 0.1) is 0 Å². The van der Waals surface area contributed by atoms with Crippen LogP contribution in [0.1, 0.15) is 24.6 Å². The number of halogens is 1. The predicted octanol–water partition coefficient (Wildman–Crippen LogP) is 3.33. The summed E-state index contributed by atoms with van der Waals surface area (Å²) >= 11 is 7.80. The van der Waals surface area contributed by atoms with Gasteiger partial charge in [-0.3, -0.25) is 0 Å². The van der Waals surface area contributed by atoms with Gasteiger partial charge in [0.05, 0.1) is 22.8 Å². The van der Waals surface area contributed by atoms with Crippen LogP contribution in [0.4, 0.5) is 5.82 Å². The molecule has 0 aliphatic carbocycles. The van der Waals surface area contributed by atoms with Gasteiger partial charge in [-0.2, -0.15) is 0 Å². The summed E-state index contributed by atoms with van der Waals surface area (Å²) in [5.41, 5.74) is 3.98. The molecule has 4 nitrogen and oxygen atoms in total. The third kappa shape index (κ3) is 4.16. The van der Waals surface area contributed by atoms with Crippen LogP contribution in [0.5, 0.6) is 0 Å². The number of anilines is 1. The fraction of sp³-hybridized carbons (Fsp3) is 0.429. The van der Waals surface area contributed by atoms with Crippen molar-refractivity contribution in [2.75, 3.05) is 18.5 Å². The largest absolute Gasteiger partial charge is 0.354 e. The van der Waals surface area contributed by atoms with E-state index >= 15 is 0 Å². The first-order chi connectivity index (χ1) is 9.70. The highest BCUT2D eigenvalue weighted by molar-refractivity contribution is 7.07. The van der Waals surface area contributed by atoms with E-state index in [0.717, 1.165) is 43.1 Å². The molecule has 20 heavy (non-hydrogen) atoms. The van der Waals surface area contributed by atoms with Gasteiger partial charge in [-0.05, 0) is 24.6 Å². The molecule has 0 unspecified atom stereocenters. The molecule has 0 bridgehead atoms. The minimum Gasteiger partial charge on any atom is -0.354 e. The van der Waals surface area contributed by atoms with Crippen molar-refractivity contribution in [1.82, 2.24) is 15.3 Å². The van der Waals surface area contributed by atoms with Crippen LogP contribution >= 0.6 is 22.9 Å². The van der Waals surface area contributed by atoms with Gasteiger partial charge in [-0.15, -0.1) is 11.3 Å². The molecular formula is C14H19ClN4S. The molecule has 0 saturated carbocycles. The van der Waals surface area contributed by atoms with Crippen LogP contribution in [0.25, 0.3) is 0 Å². The van der Waals surface area contributed by atoms with Crippen molar-refractivity contribution in [1.29, 1.82) is 0 Å². The monoisotopic (exact) mass is 310 g/mol. The Morgan fingerprint density at radius 2 is 2.25 bits per heavy atom. The molecule has 2 aromatic rings. The van der Waals surface area contributed by atoms with Crippen LogP contribution in [-0.2, 0) is 13.1 Å². The molecule has 0 saturated heterocycles. The number of hydrogen-bond acceptors (Lipinski definition) is 5. The van der Waals surface area contributed by atoms with Crippen molar-refractivity contribution in [3.8, 4) is 0 Å². The van der Waals surface area contributed by atoms with E-state index in [1.807, 2.05) is 18.6 Å². The number of hydrogen-bond donors (Lipinski definition) is 1. The molecule has 1 N–H and O–H groups in total. The lowest BCUT2D eigenvalue weighted by Gasteiger charge is -2.18. The second kappa shape index (κ2) is 7.57. The molecule has 0 aromatic carbocycles. The summed E-state index contributed by atoms with van der Waals surface area (Å²) in [6.07, 6.45) is 2.83. The molecule has 0 fully saturated rings. The summed E-state index contributed by atoms with van der Waals surface area (Å²) in [6.45, 7) is 4.66. The lowest BCUT2D eigenvalue weighted by Crippen LogP contribution is -2.19. The molecule has 0 spiro atoms. The second-order valence-electron chi connectivity index (χ2n) is 4.65. The number of thiazole rings is 1. The Hall–Kier alpha value is -1.17. The summed E-state index contributed by atoms with van der Waals surface area (Å²) in [4.78, 5) is 10.8. The van der Waals surface area contributed by atoms with E-state index < -0.39 is 0 Å². The summed E-state index contributed by atoms with van der Waals surface area (Å²) in [5.74, 6) is 0.913. The topological polar surface area (TPSA) is 41.0 Å². The maximum absolute atomic E-state index is 6.19. The van der Waals surface area contributed by atoms with Crippen molar-refractivity contribution in [2.45, 2.75) is 26.4 Å². The van der Waals surface area contributed by atoms with E-state index in [4.69, 9.17) is 11.6 Å². The Labute approximate surface area is 128 Å². The molecule has 0 radical (unpaired) electrons. The standard InChI is InChI=1S/C14H19ClN4S/c1-3-4-16-6-11-5-14(17-7-13(11)15)19(2)8-12-9-20-10-18-12/h5,7,9-10,16H,3-4,6,8H2,1-2H3. The molecular weight excluding hydrogens is 292 g/mol. The van der Waals surface area contributed by atoms with Gasteiger partial charge in [0.25, 0.3) is 0 Å². The minimum absolute atomic E-state index is 0.708.